The highest BCUT2D eigenvalue weighted by Crippen LogP contribution is 2.28. The largest absolute Gasteiger partial charge is 0.386 e. The molecule has 0 aliphatic carbocycles. The molecule has 0 bridgehead atoms. The second-order valence-corrected chi connectivity index (χ2v) is 11.5. The zero-order valence-electron chi connectivity index (χ0n) is 17.6. The zero-order valence-corrected chi connectivity index (χ0v) is 22.1. The standard InChI is InChI=1S/C22H18ClIN4O4S2/c1-12(20(29)13-2-4-14(23)5-3-13)27-21(30)16-7-6-15(24)10-18(16)28-34(31,32)22-17-11-26-33-19(17)8-9-25-22/h2-12,20,28-29H,1H3,(H,27,30). The summed E-state index contributed by atoms with van der Waals surface area (Å²) in [7, 11) is -4.11. The van der Waals surface area contributed by atoms with Crippen molar-refractivity contribution >= 4 is 77.4 Å². The van der Waals surface area contributed by atoms with E-state index >= 15 is 0 Å². The molecule has 34 heavy (non-hydrogen) atoms. The number of carbonyl (C=O) groups excluding carboxylic acids is 1. The summed E-state index contributed by atoms with van der Waals surface area (Å²) in [4.78, 5) is 17.1. The van der Waals surface area contributed by atoms with E-state index in [0.717, 1.165) is 15.1 Å². The summed E-state index contributed by atoms with van der Waals surface area (Å²) in [5, 5.41) is 14.1. The number of pyridine rings is 1. The van der Waals surface area contributed by atoms with Crippen molar-refractivity contribution in [3.8, 4) is 0 Å². The number of anilines is 1. The van der Waals surface area contributed by atoms with Crippen molar-refractivity contribution in [3.63, 3.8) is 0 Å². The second kappa shape index (κ2) is 10.1. The number of sulfonamides is 1. The molecule has 1 amide bonds. The lowest BCUT2D eigenvalue weighted by atomic mass is 10.0. The van der Waals surface area contributed by atoms with Crippen LogP contribution in [0.2, 0.25) is 5.02 Å². The van der Waals surface area contributed by atoms with Gasteiger partial charge in [0.05, 0.1) is 39.7 Å². The molecular weight excluding hydrogens is 611 g/mol. The molecule has 0 radical (unpaired) electrons. The van der Waals surface area contributed by atoms with Crippen LogP contribution in [0.3, 0.4) is 0 Å². The van der Waals surface area contributed by atoms with Crippen LogP contribution in [0, 0.1) is 3.57 Å². The third-order valence-electron chi connectivity index (χ3n) is 5.02. The lowest BCUT2D eigenvalue weighted by Crippen LogP contribution is -2.37. The van der Waals surface area contributed by atoms with Crippen LogP contribution >= 0.6 is 45.7 Å². The number of aromatic nitrogens is 2. The van der Waals surface area contributed by atoms with E-state index < -0.39 is 28.1 Å². The van der Waals surface area contributed by atoms with Gasteiger partial charge >= 0.3 is 0 Å². The minimum Gasteiger partial charge on any atom is -0.386 e. The molecule has 0 fully saturated rings. The van der Waals surface area contributed by atoms with Gasteiger partial charge in [0.25, 0.3) is 15.9 Å². The number of benzene rings is 2. The fourth-order valence-corrected chi connectivity index (χ4v) is 5.82. The Labute approximate surface area is 218 Å². The van der Waals surface area contributed by atoms with Gasteiger partial charge in [0, 0.05) is 14.8 Å². The van der Waals surface area contributed by atoms with Crippen molar-refractivity contribution < 1.29 is 18.3 Å². The molecule has 2 aromatic carbocycles. The van der Waals surface area contributed by atoms with E-state index in [1.807, 2.05) is 22.6 Å². The quantitative estimate of drug-likeness (QED) is 0.257. The van der Waals surface area contributed by atoms with Crippen LogP contribution in [0.15, 0.2) is 66.0 Å². The van der Waals surface area contributed by atoms with Crippen molar-refractivity contribution in [2.75, 3.05) is 4.72 Å². The fraction of sp³-hybridized carbons (Fsp3) is 0.136. The predicted octanol–water partition coefficient (Wildman–Crippen LogP) is 4.60. The van der Waals surface area contributed by atoms with Crippen molar-refractivity contribution in [2.24, 2.45) is 0 Å². The van der Waals surface area contributed by atoms with Gasteiger partial charge in [0.2, 0.25) is 0 Å². The summed E-state index contributed by atoms with van der Waals surface area (Å²) in [5.74, 6) is -0.544. The number of nitrogens with one attached hydrogen (secondary N) is 2. The molecule has 0 saturated heterocycles. The number of fused-ring (bicyclic) bond motifs is 1. The summed E-state index contributed by atoms with van der Waals surface area (Å²) in [6.45, 7) is 1.65. The van der Waals surface area contributed by atoms with E-state index in [1.165, 1.54) is 18.5 Å². The Morgan fingerprint density at radius 2 is 1.91 bits per heavy atom. The molecule has 0 saturated carbocycles. The minimum absolute atomic E-state index is 0.0968. The van der Waals surface area contributed by atoms with Gasteiger partial charge in [-0.25, -0.2) is 4.98 Å². The Hall–Kier alpha value is -2.32. The lowest BCUT2D eigenvalue weighted by Gasteiger charge is -2.21. The third kappa shape index (κ3) is 5.33. The molecule has 2 unspecified atom stereocenters. The van der Waals surface area contributed by atoms with Gasteiger partial charge in [0.1, 0.15) is 0 Å². The van der Waals surface area contributed by atoms with Gasteiger partial charge in [-0.1, -0.05) is 23.7 Å². The van der Waals surface area contributed by atoms with Crippen LogP contribution < -0.4 is 10.0 Å². The Morgan fingerprint density at radius 1 is 1.18 bits per heavy atom. The van der Waals surface area contributed by atoms with Crippen LogP contribution in [0.25, 0.3) is 10.1 Å². The van der Waals surface area contributed by atoms with Gasteiger partial charge in [-0.2, -0.15) is 12.8 Å². The first-order valence-corrected chi connectivity index (χ1v) is 13.6. The first kappa shape index (κ1) is 24.8. The van der Waals surface area contributed by atoms with E-state index in [9.17, 15) is 18.3 Å². The SMILES string of the molecule is CC(NC(=O)c1ccc(I)cc1NS(=O)(=O)c1nccc2sncc12)C(O)c1ccc(Cl)cc1. The average molecular weight is 629 g/mol. The van der Waals surface area contributed by atoms with Gasteiger partial charge in [-0.15, -0.1) is 0 Å². The topological polar surface area (TPSA) is 121 Å². The molecule has 0 aliphatic heterocycles. The van der Waals surface area contributed by atoms with Gasteiger partial charge in [-0.05, 0) is 83.0 Å². The van der Waals surface area contributed by atoms with Crippen LogP contribution in [0.4, 0.5) is 5.69 Å². The molecule has 3 N–H and O–H groups in total. The predicted molar refractivity (Wildman–Crippen MR) is 141 cm³/mol. The number of halogens is 2. The number of aliphatic hydroxyl groups is 1. The molecule has 4 aromatic rings. The molecule has 0 spiro atoms. The van der Waals surface area contributed by atoms with Gasteiger partial charge < -0.3 is 10.4 Å². The Balaban J connectivity index is 1.60. The molecule has 2 aromatic heterocycles. The highest BCUT2D eigenvalue weighted by atomic mass is 127. The maximum atomic E-state index is 13.2. The highest BCUT2D eigenvalue weighted by Gasteiger charge is 2.25. The summed E-state index contributed by atoms with van der Waals surface area (Å²) >= 11 is 9.09. The summed E-state index contributed by atoms with van der Waals surface area (Å²) in [5.41, 5.74) is 0.790. The maximum absolute atomic E-state index is 13.2. The van der Waals surface area contributed by atoms with Crippen molar-refractivity contribution in [3.05, 3.63) is 80.6 Å². The van der Waals surface area contributed by atoms with E-state index in [-0.39, 0.29) is 16.3 Å². The van der Waals surface area contributed by atoms with E-state index in [4.69, 9.17) is 11.6 Å². The molecule has 0 aliphatic rings. The van der Waals surface area contributed by atoms with Crippen molar-refractivity contribution in [2.45, 2.75) is 24.1 Å². The minimum atomic E-state index is -4.11. The first-order chi connectivity index (χ1) is 16.2. The van der Waals surface area contributed by atoms with Gasteiger partial charge in [0.15, 0.2) is 5.03 Å². The summed E-state index contributed by atoms with van der Waals surface area (Å²) in [6.07, 6.45) is 1.86. The van der Waals surface area contributed by atoms with E-state index in [0.29, 0.717) is 20.7 Å². The number of hydrogen-bond acceptors (Lipinski definition) is 7. The molecular formula is C22H18ClIN4O4S2. The van der Waals surface area contributed by atoms with E-state index in [1.54, 1.807) is 49.4 Å². The van der Waals surface area contributed by atoms with Crippen LogP contribution in [-0.2, 0) is 10.0 Å². The van der Waals surface area contributed by atoms with Crippen molar-refractivity contribution in [1.29, 1.82) is 0 Å². The van der Waals surface area contributed by atoms with Crippen molar-refractivity contribution in [1.82, 2.24) is 14.7 Å². The summed E-state index contributed by atoms with van der Waals surface area (Å²) in [6, 6.07) is 12.4. The Kier molecular flexibility index (Phi) is 7.38. The van der Waals surface area contributed by atoms with Crippen LogP contribution in [0.5, 0.6) is 0 Å². The number of nitrogens with zero attached hydrogens (tertiary/aromatic N) is 2. The first-order valence-electron chi connectivity index (χ1n) is 9.92. The molecule has 12 heteroatoms. The molecule has 8 nitrogen and oxygen atoms in total. The number of carbonyl (C=O) groups is 1. The number of aliphatic hydroxyl groups excluding tert-OH is 1. The average Bonchev–Trinajstić information content (AvgIpc) is 3.27. The van der Waals surface area contributed by atoms with Crippen LogP contribution in [-0.4, -0.2) is 34.8 Å². The van der Waals surface area contributed by atoms with Crippen LogP contribution in [0.1, 0.15) is 28.9 Å². The molecule has 4 rings (SSSR count). The number of amides is 1. The van der Waals surface area contributed by atoms with Gasteiger partial charge in [-0.3, -0.25) is 9.52 Å². The van der Waals surface area contributed by atoms with E-state index in [2.05, 4.69) is 19.4 Å². The normalized spacial score (nSPS) is 13.4. The molecule has 176 valence electrons. The Bertz CT molecular complexity index is 1460. The molecule has 2 heterocycles. The number of hydrogen-bond donors (Lipinski definition) is 3. The highest BCUT2D eigenvalue weighted by molar-refractivity contribution is 14.1. The maximum Gasteiger partial charge on any atom is 0.280 e. The fourth-order valence-electron chi connectivity index (χ4n) is 3.29. The Morgan fingerprint density at radius 3 is 2.65 bits per heavy atom. The summed E-state index contributed by atoms with van der Waals surface area (Å²) < 4.78 is 34.3. The monoisotopic (exact) mass is 628 g/mol. The second-order valence-electron chi connectivity index (χ2n) is 7.41. The zero-order chi connectivity index (χ0) is 24.5. The third-order valence-corrected chi connectivity index (χ3v) is 8.02. The smallest absolute Gasteiger partial charge is 0.280 e. The lowest BCUT2D eigenvalue weighted by molar-refractivity contribution is 0.0853. The molecule has 2 atom stereocenters. The number of rotatable bonds is 7.